The molecule has 0 aliphatic carbocycles. The molecule has 0 aliphatic heterocycles. The highest BCUT2D eigenvalue weighted by molar-refractivity contribution is 7.07. The van der Waals surface area contributed by atoms with Gasteiger partial charge in [0.25, 0.3) is 0 Å². The van der Waals surface area contributed by atoms with Gasteiger partial charge in [-0.1, -0.05) is 17.7 Å². The second kappa shape index (κ2) is 5.09. The number of aliphatic hydroxyl groups is 1. The Kier molecular flexibility index (Phi) is 3.54. The van der Waals surface area contributed by atoms with E-state index in [0.29, 0.717) is 6.61 Å². The molecule has 0 saturated heterocycles. The fraction of sp³-hybridized carbons (Fsp3) is 0.250. The lowest BCUT2D eigenvalue weighted by molar-refractivity contribution is 0.257. The van der Waals surface area contributed by atoms with Crippen molar-refractivity contribution >= 4 is 11.3 Å². The van der Waals surface area contributed by atoms with Gasteiger partial charge in [0.15, 0.2) is 0 Å². The van der Waals surface area contributed by atoms with Gasteiger partial charge in [-0.2, -0.15) is 0 Å². The van der Waals surface area contributed by atoms with E-state index in [1.54, 1.807) is 16.8 Å². The van der Waals surface area contributed by atoms with Crippen LogP contribution in [-0.2, 0) is 13.2 Å². The van der Waals surface area contributed by atoms with Crippen LogP contribution in [0.15, 0.2) is 29.1 Å². The minimum Gasteiger partial charge on any atom is -0.487 e. The molecule has 0 spiro atoms. The van der Waals surface area contributed by atoms with Crippen molar-refractivity contribution in [3.63, 3.8) is 0 Å². The van der Waals surface area contributed by atoms with Crippen molar-refractivity contribution in [2.24, 2.45) is 0 Å². The first-order chi connectivity index (χ1) is 7.79. The van der Waals surface area contributed by atoms with Crippen LogP contribution in [0, 0.1) is 6.92 Å². The Morgan fingerprint density at radius 1 is 1.44 bits per heavy atom. The van der Waals surface area contributed by atoms with Crippen molar-refractivity contribution in [2.45, 2.75) is 20.1 Å². The van der Waals surface area contributed by atoms with Gasteiger partial charge in [0.1, 0.15) is 12.4 Å². The van der Waals surface area contributed by atoms with Crippen molar-refractivity contribution in [1.82, 2.24) is 4.98 Å². The Balaban J connectivity index is 2.09. The van der Waals surface area contributed by atoms with Crippen LogP contribution in [0.1, 0.15) is 16.8 Å². The topological polar surface area (TPSA) is 42.4 Å². The number of aliphatic hydroxyl groups excluding tert-OH is 1. The summed E-state index contributed by atoms with van der Waals surface area (Å²) in [5, 5.41) is 11.2. The molecule has 16 heavy (non-hydrogen) atoms. The molecule has 1 N–H and O–H groups in total. The standard InChI is InChI=1S/C12H13NO2S/c1-9-2-3-12(10(4-9)5-14)15-6-11-7-16-8-13-11/h2-4,7-8,14H,5-6H2,1H3. The minimum atomic E-state index is -0.00587. The average molecular weight is 235 g/mol. The highest BCUT2D eigenvalue weighted by atomic mass is 32.1. The van der Waals surface area contributed by atoms with E-state index in [9.17, 15) is 5.11 Å². The second-order valence-corrected chi connectivity index (χ2v) is 4.26. The molecule has 0 radical (unpaired) electrons. The van der Waals surface area contributed by atoms with Crippen LogP contribution in [0.4, 0.5) is 0 Å². The van der Waals surface area contributed by atoms with Crippen LogP contribution < -0.4 is 4.74 Å². The van der Waals surface area contributed by atoms with Crippen molar-refractivity contribution in [3.05, 3.63) is 45.9 Å². The molecule has 3 nitrogen and oxygen atoms in total. The maximum absolute atomic E-state index is 9.21. The summed E-state index contributed by atoms with van der Waals surface area (Å²) in [6, 6.07) is 5.78. The van der Waals surface area contributed by atoms with E-state index in [1.165, 1.54) is 0 Å². The third kappa shape index (κ3) is 2.59. The van der Waals surface area contributed by atoms with Gasteiger partial charge in [-0.3, -0.25) is 0 Å². The van der Waals surface area contributed by atoms with Crippen LogP contribution in [0.5, 0.6) is 5.75 Å². The van der Waals surface area contributed by atoms with Gasteiger partial charge in [-0.25, -0.2) is 4.98 Å². The van der Waals surface area contributed by atoms with Crippen LogP contribution in [0.2, 0.25) is 0 Å². The van der Waals surface area contributed by atoms with Gasteiger partial charge >= 0.3 is 0 Å². The summed E-state index contributed by atoms with van der Waals surface area (Å²) in [4.78, 5) is 4.14. The van der Waals surface area contributed by atoms with Crippen molar-refractivity contribution in [3.8, 4) is 5.75 Å². The summed E-state index contributed by atoms with van der Waals surface area (Å²) in [6.07, 6.45) is 0. The zero-order valence-corrected chi connectivity index (χ0v) is 9.83. The quantitative estimate of drug-likeness (QED) is 0.885. The highest BCUT2D eigenvalue weighted by Gasteiger charge is 2.04. The number of aryl methyl sites for hydroxylation is 1. The van der Waals surface area contributed by atoms with Gasteiger partial charge in [0, 0.05) is 10.9 Å². The van der Waals surface area contributed by atoms with E-state index in [1.807, 2.05) is 30.5 Å². The van der Waals surface area contributed by atoms with Gasteiger partial charge in [-0.15, -0.1) is 11.3 Å². The summed E-state index contributed by atoms with van der Waals surface area (Å²) < 4.78 is 5.61. The predicted octanol–water partition coefficient (Wildman–Crippen LogP) is 2.52. The van der Waals surface area contributed by atoms with E-state index >= 15 is 0 Å². The Morgan fingerprint density at radius 3 is 3.00 bits per heavy atom. The van der Waals surface area contributed by atoms with Crippen LogP contribution in [0.25, 0.3) is 0 Å². The summed E-state index contributed by atoms with van der Waals surface area (Å²) in [5.41, 5.74) is 4.62. The Hall–Kier alpha value is -1.39. The summed E-state index contributed by atoms with van der Waals surface area (Å²) in [5.74, 6) is 0.723. The monoisotopic (exact) mass is 235 g/mol. The van der Waals surface area contributed by atoms with E-state index in [0.717, 1.165) is 22.6 Å². The van der Waals surface area contributed by atoms with Crippen LogP contribution >= 0.6 is 11.3 Å². The number of benzene rings is 1. The third-order valence-electron chi connectivity index (χ3n) is 2.25. The van der Waals surface area contributed by atoms with E-state index in [-0.39, 0.29) is 6.61 Å². The molecule has 2 rings (SSSR count). The normalized spacial score (nSPS) is 10.4. The Morgan fingerprint density at radius 2 is 2.31 bits per heavy atom. The summed E-state index contributed by atoms with van der Waals surface area (Å²) >= 11 is 1.55. The summed E-state index contributed by atoms with van der Waals surface area (Å²) in [7, 11) is 0. The second-order valence-electron chi connectivity index (χ2n) is 3.54. The number of ether oxygens (including phenoxy) is 1. The minimum absolute atomic E-state index is 0.00587. The zero-order chi connectivity index (χ0) is 11.4. The Labute approximate surface area is 98.4 Å². The third-order valence-corrected chi connectivity index (χ3v) is 2.88. The molecular weight excluding hydrogens is 222 g/mol. The Bertz CT molecular complexity index is 454. The number of aromatic nitrogens is 1. The largest absolute Gasteiger partial charge is 0.487 e. The molecular formula is C12H13NO2S. The molecule has 1 aromatic heterocycles. The first-order valence-corrected chi connectivity index (χ1v) is 5.94. The number of hydrogen-bond donors (Lipinski definition) is 1. The predicted molar refractivity (Wildman–Crippen MR) is 63.5 cm³/mol. The van der Waals surface area contributed by atoms with Gasteiger partial charge in [0.2, 0.25) is 0 Å². The van der Waals surface area contributed by atoms with E-state index in [4.69, 9.17) is 4.74 Å². The zero-order valence-electron chi connectivity index (χ0n) is 9.01. The lowest BCUT2D eigenvalue weighted by Crippen LogP contribution is -1.99. The molecule has 4 heteroatoms. The van der Waals surface area contributed by atoms with E-state index < -0.39 is 0 Å². The maximum atomic E-state index is 9.21. The summed E-state index contributed by atoms with van der Waals surface area (Å²) in [6.45, 7) is 2.43. The average Bonchev–Trinajstić information content (AvgIpc) is 2.80. The van der Waals surface area contributed by atoms with E-state index in [2.05, 4.69) is 4.98 Å². The van der Waals surface area contributed by atoms with Crippen LogP contribution in [-0.4, -0.2) is 10.1 Å². The molecule has 2 aromatic rings. The number of rotatable bonds is 4. The molecule has 0 amide bonds. The number of thiazole rings is 1. The molecule has 0 fully saturated rings. The number of nitrogens with zero attached hydrogens (tertiary/aromatic N) is 1. The fourth-order valence-corrected chi connectivity index (χ4v) is 1.98. The molecule has 1 heterocycles. The first-order valence-electron chi connectivity index (χ1n) is 5.00. The lowest BCUT2D eigenvalue weighted by atomic mass is 10.1. The fourth-order valence-electron chi connectivity index (χ4n) is 1.43. The number of hydrogen-bond acceptors (Lipinski definition) is 4. The molecule has 1 aromatic carbocycles. The maximum Gasteiger partial charge on any atom is 0.131 e. The smallest absolute Gasteiger partial charge is 0.131 e. The van der Waals surface area contributed by atoms with Gasteiger partial charge < -0.3 is 9.84 Å². The highest BCUT2D eigenvalue weighted by Crippen LogP contribution is 2.21. The molecule has 0 unspecified atom stereocenters. The molecule has 0 atom stereocenters. The van der Waals surface area contributed by atoms with Gasteiger partial charge in [0.05, 0.1) is 17.8 Å². The SMILES string of the molecule is Cc1ccc(OCc2cscn2)c(CO)c1. The van der Waals surface area contributed by atoms with Crippen molar-refractivity contribution in [1.29, 1.82) is 0 Å². The molecule has 84 valence electrons. The van der Waals surface area contributed by atoms with Crippen molar-refractivity contribution < 1.29 is 9.84 Å². The van der Waals surface area contributed by atoms with Crippen molar-refractivity contribution in [2.75, 3.05) is 0 Å². The lowest BCUT2D eigenvalue weighted by Gasteiger charge is -2.09. The first kappa shape index (κ1) is 11.1. The molecule has 0 aliphatic rings. The molecule has 0 bridgehead atoms. The van der Waals surface area contributed by atoms with Gasteiger partial charge in [-0.05, 0) is 13.0 Å². The molecule has 0 saturated carbocycles. The van der Waals surface area contributed by atoms with Crippen LogP contribution in [0.3, 0.4) is 0 Å².